The lowest BCUT2D eigenvalue weighted by Crippen LogP contribution is -2.32. The normalized spacial score (nSPS) is 16.5. The molecule has 0 spiro atoms. The van der Waals surface area contributed by atoms with Gasteiger partial charge in [0.05, 0.1) is 11.7 Å². The molecule has 0 amide bonds. The van der Waals surface area contributed by atoms with E-state index in [1.54, 1.807) is 6.20 Å². The Morgan fingerprint density at radius 1 is 1.53 bits per heavy atom. The molecule has 0 aromatic carbocycles. The van der Waals surface area contributed by atoms with Crippen LogP contribution in [-0.2, 0) is 4.74 Å². The molecule has 6 nitrogen and oxygen atoms in total. The summed E-state index contributed by atoms with van der Waals surface area (Å²) in [6.45, 7) is 3.30. The number of rotatable bonds is 11. The summed E-state index contributed by atoms with van der Waals surface area (Å²) in [5, 5.41) is 12.8. The molecule has 1 fully saturated rings. The lowest BCUT2D eigenvalue weighted by Gasteiger charge is -2.11. The zero-order valence-corrected chi connectivity index (χ0v) is 11.8. The van der Waals surface area contributed by atoms with Gasteiger partial charge in [-0.3, -0.25) is 0 Å². The summed E-state index contributed by atoms with van der Waals surface area (Å²) in [6.07, 6.45) is 4.64. The molecule has 1 aromatic heterocycles. The van der Waals surface area contributed by atoms with Crippen molar-refractivity contribution in [1.82, 2.24) is 14.1 Å². The molecule has 1 unspecified atom stereocenters. The van der Waals surface area contributed by atoms with E-state index in [9.17, 15) is 5.11 Å². The summed E-state index contributed by atoms with van der Waals surface area (Å²) in [7, 11) is 0. The SMILES string of the molecule is OC(CNCCCOCC1CC1)COc1cnsn1. The van der Waals surface area contributed by atoms with Crippen LogP contribution in [0.1, 0.15) is 19.3 Å². The van der Waals surface area contributed by atoms with Gasteiger partial charge in [-0.05, 0) is 31.7 Å². The third kappa shape index (κ3) is 6.81. The Morgan fingerprint density at radius 3 is 3.16 bits per heavy atom. The number of aliphatic hydroxyl groups excluding tert-OH is 1. The molecule has 1 atom stereocenters. The van der Waals surface area contributed by atoms with Gasteiger partial charge >= 0.3 is 0 Å². The number of hydrogen-bond acceptors (Lipinski definition) is 7. The minimum atomic E-state index is -0.533. The smallest absolute Gasteiger partial charge is 0.245 e. The molecule has 1 aliphatic carbocycles. The molecule has 1 saturated carbocycles. The van der Waals surface area contributed by atoms with Gasteiger partial charge in [-0.2, -0.15) is 4.37 Å². The quantitative estimate of drug-likeness (QED) is 0.583. The minimum Gasteiger partial charge on any atom is -0.473 e. The summed E-state index contributed by atoms with van der Waals surface area (Å²) in [6, 6.07) is 0. The van der Waals surface area contributed by atoms with Crippen LogP contribution in [0.3, 0.4) is 0 Å². The molecule has 1 aliphatic rings. The van der Waals surface area contributed by atoms with Crippen LogP contribution in [0.2, 0.25) is 0 Å². The maximum atomic E-state index is 9.67. The highest BCUT2D eigenvalue weighted by molar-refractivity contribution is 6.99. The summed E-state index contributed by atoms with van der Waals surface area (Å²) < 4.78 is 18.5. The highest BCUT2D eigenvalue weighted by atomic mass is 32.1. The van der Waals surface area contributed by atoms with Crippen molar-refractivity contribution in [2.75, 3.05) is 32.9 Å². The van der Waals surface area contributed by atoms with E-state index in [2.05, 4.69) is 14.1 Å². The van der Waals surface area contributed by atoms with Crippen LogP contribution in [0.5, 0.6) is 5.88 Å². The molecule has 108 valence electrons. The predicted octanol–water partition coefficient (Wildman–Crippen LogP) is 0.684. The topological polar surface area (TPSA) is 76.5 Å². The van der Waals surface area contributed by atoms with Gasteiger partial charge in [-0.15, -0.1) is 4.37 Å². The van der Waals surface area contributed by atoms with E-state index in [-0.39, 0.29) is 6.61 Å². The molecular formula is C12H21N3O3S. The highest BCUT2D eigenvalue weighted by Crippen LogP contribution is 2.28. The molecule has 19 heavy (non-hydrogen) atoms. The van der Waals surface area contributed by atoms with Crippen molar-refractivity contribution in [2.45, 2.75) is 25.4 Å². The number of nitrogens with zero attached hydrogens (tertiary/aromatic N) is 2. The summed E-state index contributed by atoms with van der Waals surface area (Å²) >= 11 is 1.09. The lowest BCUT2D eigenvalue weighted by molar-refractivity contribution is 0.100. The predicted molar refractivity (Wildman–Crippen MR) is 72.4 cm³/mol. The minimum absolute atomic E-state index is 0.233. The van der Waals surface area contributed by atoms with Gasteiger partial charge in [-0.25, -0.2) is 0 Å². The molecular weight excluding hydrogens is 266 g/mol. The number of ether oxygens (including phenoxy) is 2. The standard InChI is InChI=1S/C12H21N3O3S/c16-11(9-18-12-7-14-19-15-12)6-13-4-1-5-17-8-10-2-3-10/h7,10-11,13,16H,1-6,8-9H2. The zero-order chi connectivity index (χ0) is 13.3. The summed E-state index contributed by atoms with van der Waals surface area (Å²) in [5.41, 5.74) is 0. The van der Waals surface area contributed by atoms with E-state index in [0.29, 0.717) is 12.4 Å². The third-order valence-electron chi connectivity index (χ3n) is 2.84. The van der Waals surface area contributed by atoms with Gasteiger partial charge in [0.25, 0.3) is 0 Å². The molecule has 0 aliphatic heterocycles. The van der Waals surface area contributed by atoms with E-state index in [1.165, 1.54) is 12.8 Å². The van der Waals surface area contributed by atoms with Crippen molar-refractivity contribution in [2.24, 2.45) is 5.92 Å². The average Bonchev–Trinajstić information content (AvgIpc) is 3.09. The zero-order valence-electron chi connectivity index (χ0n) is 11.0. The van der Waals surface area contributed by atoms with Crippen LogP contribution in [0.15, 0.2) is 6.20 Å². The van der Waals surface area contributed by atoms with Crippen LogP contribution in [0.4, 0.5) is 0 Å². The van der Waals surface area contributed by atoms with Crippen LogP contribution in [-0.4, -0.2) is 52.9 Å². The van der Waals surface area contributed by atoms with Crippen molar-refractivity contribution in [1.29, 1.82) is 0 Å². The molecule has 0 saturated heterocycles. The Balaban J connectivity index is 1.37. The number of aromatic nitrogens is 2. The van der Waals surface area contributed by atoms with E-state index in [4.69, 9.17) is 9.47 Å². The van der Waals surface area contributed by atoms with E-state index in [1.807, 2.05) is 0 Å². The Kier molecular flexibility index (Phi) is 6.49. The Labute approximate surface area is 117 Å². The first-order valence-corrected chi connectivity index (χ1v) is 7.44. The fraction of sp³-hybridized carbons (Fsp3) is 0.833. The summed E-state index contributed by atoms with van der Waals surface area (Å²) in [4.78, 5) is 0. The van der Waals surface area contributed by atoms with Crippen LogP contribution < -0.4 is 10.1 Å². The first kappa shape index (κ1) is 14.6. The van der Waals surface area contributed by atoms with E-state index < -0.39 is 6.10 Å². The van der Waals surface area contributed by atoms with E-state index in [0.717, 1.165) is 43.8 Å². The second-order valence-electron chi connectivity index (χ2n) is 4.79. The molecule has 2 N–H and O–H groups in total. The third-order valence-corrected chi connectivity index (χ3v) is 3.30. The van der Waals surface area contributed by atoms with Crippen LogP contribution >= 0.6 is 11.7 Å². The second-order valence-corrected chi connectivity index (χ2v) is 5.34. The first-order chi connectivity index (χ1) is 9.34. The molecule has 2 rings (SSSR count). The second kappa shape index (κ2) is 8.42. The number of hydrogen-bond donors (Lipinski definition) is 2. The first-order valence-electron chi connectivity index (χ1n) is 6.71. The van der Waals surface area contributed by atoms with Crippen molar-refractivity contribution < 1.29 is 14.6 Å². The van der Waals surface area contributed by atoms with Crippen molar-refractivity contribution in [3.8, 4) is 5.88 Å². The molecule has 7 heteroatoms. The lowest BCUT2D eigenvalue weighted by atomic mass is 10.3. The molecule has 0 radical (unpaired) electrons. The molecule has 1 heterocycles. The summed E-state index contributed by atoms with van der Waals surface area (Å²) in [5.74, 6) is 1.30. The van der Waals surface area contributed by atoms with Crippen LogP contribution in [0.25, 0.3) is 0 Å². The van der Waals surface area contributed by atoms with Gasteiger partial charge in [0, 0.05) is 19.8 Å². The van der Waals surface area contributed by atoms with Gasteiger partial charge in [-0.1, -0.05) is 0 Å². The van der Waals surface area contributed by atoms with Gasteiger partial charge in [0.1, 0.15) is 18.9 Å². The molecule has 0 bridgehead atoms. The number of aliphatic hydroxyl groups is 1. The van der Waals surface area contributed by atoms with Gasteiger partial charge in [0.2, 0.25) is 5.88 Å². The van der Waals surface area contributed by atoms with Crippen molar-refractivity contribution in [3.05, 3.63) is 6.20 Å². The van der Waals surface area contributed by atoms with Crippen molar-refractivity contribution in [3.63, 3.8) is 0 Å². The number of nitrogens with one attached hydrogen (secondary N) is 1. The molecule has 1 aromatic rings. The van der Waals surface area contributed by atoms with Gasteiger partial charge < -0.3 is 19.9 Å². The monoisotopic (exact) mass is 287 g/mol. The van der Waals surface area contributed by atoms with E-state index >= 15 is 0 Å². The Morgan fingerprint density at radius 2 is 2.42 bits per heavy atom. The van der Waals surface area contributed by atoms with Crippen molar-refractivity contribution >= 4 is 11.7 Å². The highest BCUT2D eigenvalue weighted by Gasteiger charge is 2.20. The maximum Gasteiger partial charge on any atom is 0.245 e. The van der Waals surface area contributed by atoms with Crippen LogP contribution in [0, 0.1) is 5.92 Å². The fourth-order valence-corrected chi connectivity index (χ4v) is 1.93. The fourth-order valence-electron chi connectivity index (χ4n) is 1.56. The average molecular weight is 287 g/mol. The largest absolute Gasteiger partial charge is 0.473 e. The van der Waals surface area contributed by atoms with Gasteiger partial charge in [0.15, 0.2) is 0 Å². The Bertz CT molecular complexity index is 333. The Hall–Kier alpha value is -0.760. The maximum absolute atomic E-state index is 9.67.